The average Bonchev–Trinajstić information content (AvgIpc) is 2.89. The van der Waals surface area contributed by atoms with E-state index in [9.17, 15) is 4.79 Å². The number of fused-ring (bicyclic) bond motifs is 1. The average molecular weight is 302 g/mol. The lowest BCUT2D eigenvalue weighted by atomic mass is 10.1. The van der Waals surface area contributed by atoms with Gasteiger partial charge in [0, 0.05) is 19.3 Å². The van der Waals surface area contributed by atoms with Crippen LogP contribution in [0.4, 0.5) is 4.79 Å². The summed E-state index contributed by atoms with van der Waals surface area (Å²) < 4.78 is 7.63. The number of pyridine rings is 1. The Bertz CT molecular complexity index is 674. The molecule has 0 spiro atoms. The second-order valence-electron chi connectivity index (χ2n) is 6.74. The molecule has 0 N–H and O–H groups in total. The van der Waals surface area contributed by atoms with Crippen molar-refractivity contribution in [3.05, 3.63) is 24.8 Å². The maximum Gasteiger partial charge on any atom is 0.410 e. The van der Waals surface area contributed by atoms with Gasteiger partial charge in [-0.1, -0.05) is 0 Å². The van der Waals surface area contributed by atoms with Gasteiger partial charge in [-0.3, -0.25) is 4.98 Å². The summed E-state index contributed by atoms with van der Waals surface area (Å²) >= 11 is 0. The van der Waals surface area contributed by atoms with Gasteiger partial charge in [0.05, 0.1) is 24.1 Å². The molecule has 1 amide bonds. The van der Waals surface area contributed by atoms with Gasteiger partial charge in [0.1, 0.15) is 11.1 Å². The molecular weight excluding hydrogens is 280 g/mol. The van der Waals surface area contributed by atoms with Crippen molar-refractivity contribution in [3.63, 3.8) is 0 Å². The van der Waals surface area contributed by atoms with Crippen LogP contribution in [0.1, 0.15) is 39.7 Å². The minimum atomic E-state index is -0.461. The Morgan fingerprint density at radius 1 is 1.41 bits per heavy atom. The van der Waals surface area contributed by atoms with E-state index in [1.54, 1.807) is 17.3 Å². The molecule has 22 heavy (non-hydrogen) atoms. The summed E-state index contributed by atoms with van der Waals surface area (Å²) in [5, 5.41) is 0. The monoisotopic (exact) mass is 302 g/mol. The number of amides is 1. The Labute approximate surface area is 130 Å². The lowest BCUT2D eigenvalue weighted by molar-refractivity contribution is 0.0174. The highest BCUT2D eigenvalue weighted by atomic mass is 16.6. The Balaban J connectivity index is 1.77. The van der Waals surface area contributed by atoms with Crippen LogP contribution >= 0.6 is 0 Å². The second-order valence-corrected chi connectivity index (χ2v) is 6.74. The van der Waals surface area contributed by atoms with E-state index in [0.717, 1.165) is 30.4 Å². The van der Waals surface area contributed by atoms with Crippen LogP contribution in [0.25, 0.3) is 11.0 Å². The molecule has 6 heteroatoms. The minimum absolute atomic E-state index is 0.230. The van der Waals surface area contributed by atoms with E-state index in [-0.39, 0.29) is 12.1 Å². The van der Waals surface area contributed by atoms with Crippen LogP contribution in [0.5, 0.6) is 0 Å². The number of likely N-dealkylation sites (tertiary alicyclic amines) is 1. The third kappa shape index (κ3) is 3.05. The molecule has 0 aliphatic carbocycles. The van der Waals surface area contributed by atoms with Crippen LogP contribution in [0, 0.1) is 0 Å². The van der Waals surface area contributed by atoms with Crippen molar-refractivity contribution in [1.29, 1.82) is 0 Å². The molecule has 1 unspecified atom stereocenters. The van der Waals surface area contributed by atoms with Gasteiger partial charge in [0.2, 0.25) is 0 Å². The van der Waals surface area contributed by atoms with Crippen LogP contribution < -0.4 is 0 Å². The summed E-state index contributed by atoms with van der Waals surface area (Å²) in [7, 11) is 0. The van der Waals surface area contributed by atoms with E-state index in [0.29, 0.717) is 6.54 Å². The van der Waals surface area contributed by atoms with Crippen molar-refractivity contribution in [2.24, 2.45) is 0 Å². The minimum Gasteiger partial charge on any atom is -0.444 e. The molecule has 3 rings (SSSR count). The first-order chi connectivity index (χ1) is 10.4. The quantitative estimate of drug-likeness (QED) is 0.812. The Kier molecular flexibility index (Phi) is 3.76. The van der Waals surface area contributed by atoms with Gasteiger partial charge < -0.3 is 14.2 Å². The highest BCUT2D eigenvalue weighted by molar-refractivity contribution is 5.74. The first-order valence-corrected chi connectivity index (χ1v) is 7.68. The van der Waals surface area contributed by atoms with Gasteiger partial charge in [-0.25, -0.2) is 9.78 Å². The van der Waals surface area contributed by atoms with E-state index in [4.69, 9.17) is 4.74 Å². The van der Waals surface area contributed by atoms with E-state index in [2.05, 4.69) is 14.5 Å². The van der Waals surface area contributed by atoms with Gasteiger partial charge >= 0.3 is 6.09 Å². The molecule has 6 nitrogen and oxygen atoms in total. The van der Waals surface area contributed by atoms with Crippen molar-refractivity contribution < 1.29 is 9.53 Å². The summed E-state index contributed by atoms with van der Waals surface area (Å²) in [6.07, 6.45) is 7.15. The SMILES string of the molecule is CC(C)(C)OC(=O)N1CCCC(n2cnc3cnccc32)C1. The van der Waals surface area contributed by atoms with E-state index in [1.165, 1.54) is 0 Å². The predicted octanol–water partition coefficient (Wildman–Crippen LogP) is 3.00. The van der Waals surface area contributed by atoms with Gasteiger partial charge in [0.25, 0.3) is 0 Å². The lowest BCUT2D eigenvalue weighted by Gasteiger charge is -2.34. The molecule has 0 aromatic carbocycles. The Hall–Kier alpha value is -2.11. The Morgan fingerprint density at radius 2 is 2.23 bits per heavy atom. The fraction of sp³-hybridized carbons (Fsp3) is 0.562. The number of hydrogen-bond acceptors (Lipinski definition) is 4. The normalized spacial score (nSPS) is 19.4. The number of nitrogens with zero attached hydrogens (tertiary/aromatic N) is 4. The van der Waals surface area contributed by atoms with Crippen LogP contribution in [-0.4, -0.2) is 44.2 Å². The highest BCUT2D eigenvalue weighted by Gasteiger charge is 2.28. The van der Waals surface area contributed by atoms with E-state index >= 15 is 0 Å². The molecule has 0 saturated carbocycles. The fourth-order valence-electron chi connectivity index (χ4n) is 2.85. The number of ether oxygens (including phenoxy) is 1. The van der Waals surface area contributed by atoms with E-state index in [1.807, 2.05) is 33.2 Å². The lowest BCUT2D eigenvalue weighted by Crippen LogP contribution is -2.43. The van der Waals surface area contributed by atoms with Gasteiger partial charge in [-0.2, -0.15) is 0 Å². The zero-order valence-electron chi connectivity index (χ0n) is 13.3. The molecule has 0 bridgehead atoms. The molecule has 1 saturated heterocycles. The molecule has 1 aliphatic heterocycles. The molecule has 0 radical (unpaired) electrons. The van der Waals surface area contributed by atoms with Crippen LogP contribution in [-0.2, 0) is 4.74 Å². The third-order valence-corrected chi connectivity index (χ3v) is 3.82. The first kappa shape index (κ1) is 14.8. The van der Waals surface area contributed by atoms with Crippen molar-refractivity contribution in [2.45, 2.75) is 45.3 Å². The maximum atomic E-state index is 12.3. The Morgan fingerprint density at radius 3 is 3.00 bits per heavy atom. The zero-order chi connectivity index (χ0) is 15.7. The van der Waals surface area contributed by atoms with Crippen molar-refractivity contribution in [3.8, 4) is 0 Å². The second kappa shape index (κ2) is 5.59. The third-order valence-electron chi connectivity index (χ3n) is 3.82. The predicted molar refractivity (Wildman–Crippen MR) is 83.6 cm³/mol. The molecule has 1 aliphatic rings. The van der Waals surface area contributed by atoms with Gasteiger partial charge in [0.15, 0.2) is 0 Å². The topological polar surface area (TPSA) is 60.2 Å². The largest absolute Gasteiger partial charge is 0.444 e. The summed E-state index contributed by atoms with van der Waals surface area (Å²) in [6, 6.07) is 2.20. The molecule has 2 aromatic heterocycles. The summed E-state index contributed by atoms with van der Waals surface area (Å²) in [5.41, 5.74) is 1.49. The fourth-order valence-corrected chi connectivity index (χ4v) is 2.85. The molecule has 1 fully saturated rings. The summed E-state index contributed by atoms with van der Waals surface area (Å²) in [5.74, 6) is 0. The molecular formula is C16H22N4O2. The number of aromatic nitrogens is 3. The number of piperidine rings is 1. The van der Waals surface area contributed by atoms with Gasteiger partial charge in [-0.05, 0) is 39.7 Å². The smallest absolute Gasteiger partial charge is 0.410 e. The van der Waals surface area contributed by atoms with Crippen LogP contribution in [0.15, 0.2) is 24.8 Å². The maximum absolute atomic E-state index is 12.3. The molecule has 1 atom stereocenters. The number of hydrogen-bond donors (Lipinski definition) is 0. The first-order valence-electron chi connectivity index (χ1n) is 7.68. The highest BCUT2D eigenvalue weighted by Crippen LogP contribution is 2.26. The summed E-state index contributed by atoms with van der Waals surface area (Å²) in [4.78, 5) is 22.5. The van der Waals surface area contributed by atoms with Crippen molar-refractivity contribution in [2.75, 3.05) is 13.1 Å². The van der Waals surface area contributed by atoms with Crippen molar-refractivity contribution in [1.82, 2.24) is 19.4 Å². The zero-order valence-corrected chi connectivity index (χ0v) is 13.3. The van der Waals surface area contributed by atoms with Crippen molar-refractivity contribution >= 4 is 17.1 Å². The molecule has 3 heterocycles. The molecule has 118 valence electrons. The molecule has 2 aromatic rings. The standard InChI is InChI=1S/C16H22N4O2/c1-16(2,3)22-15(21)19-8-4-5-12(10-19)20-11-18-13-9-17-7-6-14(13)20/h6-7,9,11-12H,4-5,8,10H2,1-3H3. The van der Waals surface area contributed by atoms with Crippen LogP contribution in [0.3, 0.4) is 0 Å². The number of rotatable bonds is 1. The van der Waals surface area contributed by atoms with E-state index < -0.39 is 5.60 Å². The summed E-state index contributed by atoms with van der Waals surface area (Å²) in [6.45, 7) is 7.08. The number of carbonyl (C=O) groups is 1. The van der Waals surface area contributed by atoms with Gasteiger partial charge in [-0.15, -0.1) is 0 Å². The number of imidazole rings is 1. The van der Waals surface area contributed by atoms with Crippen LogP contribution in [0.2, 0.25) is 0 Å². The number of carbonyl (C=O) groups excluding carboxylic acids is 1.